The largest absolute Gasteiger partial charge is 0.481 e. The van der Waals surface area contributed by atoms with Gasteiger partial charge in [0.2, 0.25) is 5.91 Å². The maximum atomic E-state index is 10.9. The molecule has 10 heteroatoms. The number of aryl methyl sites for hydroxylation is 1. The molecule has 1 aliphatic carbocycles. The molecule has 0 spiro atoms. The summed E-state index contributed by atoms with van der Waals surface area (Å²) in [6.45, 7) is 8.77. The van der Waals surface area contributed by atoms with Gasteiger partial charge in [-0.05, 0) is 89.5 Å². The Balaban J connectivity index is 0. The molecule has 46 heavy (non-hydrogen) atoms. The molecular weight excluding hydrogens is 588 g/mol. The molecule has 2 N–H and O–H groups in total. The van der Waals surface area contributed by atoms with Crippen LogP contribution in [0.2, 0.25) is 0 Å². The number of benzene rings is 1. The highest BCUT2D eigenvalue weighted by atomic mass is 16.9. The highest BCUT2D eigenvalue weighted by molar-refractivity contribution is 5.76. The lowest BCUT2D eigenvalue weighted by Crippen LogP contribution is -2.21. The lowest BCUT2D eigenvalue weighted by molar-refractivity contribution is -0.757. The van der Waals surface area contributed by atoms with E-state index in [1.807, 2.05) is 33.8 Å². The lowest BCUT2D eigenvalue weighted by atomic mass is 10.1. The summed E-state index contributed by atoms with van der Waals surface area (Å²) in [7, 11) is 0. The van der Waals surface area contributed by atoms with E-state index in [9.17, 15) is 24.5 Å². The SMILES string of the molecule is C(=C\C1CCCC1)/CCCc1ccccc1.C/C=C\CCCCC(=O)NCC.CC.O=C(O)CCC(=O)OCCCCO[N+](=O)[O-]. The van der Waals surface area contributed by atoms with E-state index in [0.29, 0.717) is 19.3 Å². The van der Waals surface area contributed by atoms with Crippen molar-refractivity contribution < 1.29 is 34.2 Å². The molecule has 1 fully saturated rings. The number of esters is 1. The number of allylic oxidation sites excluding steroid dienone is 4. The number of aliphatic carboxylic acids is 1. The first-order chi connectivity index (χ1) is 22.3. The van der Waals surface area contributed by atoms with Crippen molar-refractivity contribution in [1.82, 2.24) is 5.32 Å². The zero-order valence-electron chi connectivity index (χ0n) is 28.8. The Bertz CT molecular complexity index is 945. The fraction of sp³-hybridized carbons (Fsp3) is 0.639. The minimum Gasteiger partial charge on any atom is -0.481 e. The van der Waals surface area contributed by atoms with Crippen LogP contribution in [0.1, 0.15) is 123 Å². The smallest absolute Gasteiger partial charge is 0.306 e. The van der Waals surface area contributed by atoms with Crippen molar-refractivity contribution in [2.75, 3.05) is 19.8 Å². The number of rotatable bonds is 20. The summed E-state index contributed by atoms with van der Waals surface area (Å²) >= 11 is 0. The van der Waals surface area contributed by atoms with Crippen LogP contribution in [0.25, 0.3) is 0 Å². The minimum absolute atomic E-state index is 0.0420. The van der Waals surface area contributed by atoms with Crippen LogP contribution in [0.5, 0.6) is 0 Å². The summed E-state index contributed by atoms with van der Waals surface area (Å²) in [6.07, 6.45) is 22.8. The Labute approximate surface area is 277 Å². The van der Waals surface area contributed by atoms with Gasteiger partial charge in [0.15, 0.2) is 0 Å². The fourth-order valence-electron chi connectivity index (χ4n) is 4.32. The van der Waals surface area contributed by atoms with E-state index in [2.05, 4.69) is 63.5 Å². The molecule has 0 aliphatic heterocycles. The van der Waals surface area contributed by atoms with Gasteiger partial charge in [-0.25, -0.2) is 0 Å². The molecule has 0 heterocycles. The van der Waals surface area contributed by atoms with Gasteiger partial charge < -0.3 is 20.0 Å². The molecule has 0 bridgehead atoms. The maximum Gasteiger partial charge on any atom is 0.306 e. The van der Waals surface area contributed by atoms with E-state index < -0.39 is 17.0 Å². The van der Waals surface area contributed by atoms with E-state index in [4.69, 9.17) is 5.11 Å². The quantitative estimate of drug-likeness (QED) is 0.0471. The molecule has 262 valence electrons. The van der Waals surface area contributed by atoms with E-state index in [1.54, 1.807) is 0 Å². The van der Waals surface area contributed by atoms with Gasteiger partial charge in [-0.1, -0.05) is 81.3 Å². The zero-order valence-corrected chi connectivity index (χ0v) is 28.8. The van der Waals surface area contributed by atoms with Crippen LogP contribution in [0.15, 0.2) is 54.6 Å². The van der Waals surface area contributed by atoms with Gasteiger partial charge in [0.05, 0.1) is 26.1 Å². The van der Waals surface area contributed by atoms with Gasteiger partial charge in [0.1, 0.15) is 0 Å². The number of carbonyl (C=O) groups is 3. The molecule has 0 radical (unpaired) electrons. The van der Waals surface area contributed by atoms with E-state index in [1.165, 1.54) is 50.5 Å². The third kappa shape index (κ3) is 33.2. The number of unbranched alkanes of at least 4 members (excludes halogenated alkanes) is 4. The Hall–Kier alpha value is -3.69. The van der Waals surface area contributed by atoms with Gasteiger partial charge >= 0.3 is 11.9 Å². The second-order valence-electron chi connectivity index (χ2n) is 10.5. The summed E-state index contributed by atoms with van der Waals surface area (Å²) in [5.41, 5.74) is 1.47. The number of nitrogens with zero attached hydrogens (tertiary/aromatic N) is 1. The van der Waals surface area contributed by atoms with Crippen molar-refractivity contribution in [3.63, 3.8) is 0 Å². The van der Waals surface area contributed by atoms with Gasteiger partial charge in [0.25, 0.3) is 5.09 Å². The van der Waals surface area contributed by atoms with Crippen LogP contribution >= 0.6 is 0 Å². The molecule has 1 saturated carbocycles. The van der Waals surface area contributed by atoms with E-state index in [0.717, 1.165) is 31.7 Å². The maximum absolute atomic E-state index is 10.9. The standard InChI is InChI=1S/C16H22.C10H19NO.C8H13NO7.C2H6/c1-3-9-15(10-4-1)11-5-2-6-12-16-13-7-8-14-16;1-3-5-6-7-8-9-10(12)11-4-2;10-7(11)3-4-8(12)15-5-1-2-6-16-9(13)14;1-2/h1,3-4,6,9-10,12,16H,2,5,7-8,11,13-14H2;3,5H,4,6-9H2,1-2H3,(H,11,12);1-6H2,(H,10,11);1-2H3/b12-6+;5-3-;;. The third-order valence-corrected chi connectivity index (χ3v) is 6.66. The Morgan fingerprint density at radius 1 is 0.935 bits per heavy atom. The summed E-state index contributed by atoms with van der Waals surface area (Å²) in [5.74, 6) is -0.566. The summed E-state index contributed by atoms with van der Waals surface area (Å²) < 4.78 is 4.67. The highest BCUT2D eigenvalue weighted by Crippen LogP contribution is 2.25. The predicted octanol–water partition coefficient (Wildman–Crippen LogP) is 8.42. The molecule has 0 aromatic heterocycles. The molecule has 1 aromatic rings. The second-order valence-corrected chi connectivity index (χ2v) is 10.5. The molecule has 0 unspecified atom stereocenters. The number of hydrogen-bond donors (Lipinski definition) is 2. The van der Waals surface area contributed by atoms with E-state index >= 15 is 0 Å². The first-order valence-electron chi connectivity index (χ1n) is 17.0. The zero-order chi connectivity index (χ0) is 34.7. The average Bonchev–Trinajstić information content (AvgIpc) is 3.57. The van der Waals surface area contributed by atoms with Crippen LogP contribution in [-0.2, 0) is 30.4 Å². The number of carboxylic acid groups (broad SMARTS) is 1. The van der Waals surface area contributed by atoms with Gasteiger partial charge in [0, 0.05) is 13.0 Å². The van der Waals surface area contributed by atoms with Crippen LogP contribution < -0.4 is 5.32 Å². The number of carbonyl (C=O) groups excluding carboxylic acids is 2. The molecule has 10 nitrogen and oxygen atoms in total. The van der Waals surface area contributed by atoms with Crippen molar-refractivity contribution in [3.05, 3.63) is 70.3 Å². The summed E-state index contributed by atoms with van der Waals surface area (Å²) in [4.78, 5) is 45.7. The summed E-state index contributed by atoms with van der Waals surface area (Å²) in [5, 5.41) is 19.9. The molecule has 1 aliphatic rings. The molecule has 1 amide bonds. The molecular formula is C36H60N2O8. The second kappa shape index (κ2) is 34.2. The predicted molar refractivity (Wildman–Crippen MR) is 184 cm³/mol. The Morgan fingerprint density at radius 2 is 1.59 bits per heavy atom. The monoisotopic (exact) mass is 648 g/mol. The van der Waals surface area contributed by atoms with Crippen molar-refractivity contribution in [1.29, 1.82) is 0 Å². The van der Waals surface area contributed by atoms with Crippen molar-refractivity contribution in [2.45, 2.75) is 124 Å². The van der Waals surface area contributed by atoms with Gasteiger partial charge in [-0.2, -0.15) is 0 Å². The molecule has 0 saturated heterocycles. The minimum atomic E-state index is -1.06. The normalized spacial score (nSPS) is 12.2. The van der Waals surface area contributed by atoms with Crippen LogP contribution in [0, 0.1) is 16.0 Å². The van der Waals surface area contributed by atoms with Crippen molar-refractivity contribution in [2.24, 2.45) is 5.92 Å². The first kappa shape index (κ1) is 44.4. The average molecular weight is 649 g/mol. The summed E-state index contributed by atoms with van der Waals surface area (Å²) in [6, 6.07) is 10.8. The molecule has 1 aromatic carbocycles. The lowest BCUT2D eigenvalue weighted by Gasteiger charge is -2.03. The molecule has 0 atom stereocenters. The highest BCUT2D eigenvalue weighted by Gasteiger charge is 2.10. The van der Waals surface area contributed by atoms with Crippen molar-refractivity contribution in [3.8, 4) is 0 Å². The number of ether oxygens (including phenoxy) is 1. The van der Waals surface area contributed by atoms with Gasteiger partial charge in [-0.15, -0.1) is 10.1 Å². The number of nitrogens with one attached hydrogen (secondary N) is 1. The van der Waals surface area contributed by atoms with Crippen LogP contribution in [-0.4, -0.2) is 47.8 Å². The third-order valence-electron chi connectivity index (χ3n) is 6.66. The molecule has 2 rings (SSSR count). The Morgan fingerprint density at radius 3 is 2.20 bits per heavy atom. The number of amides is 1. The van der Waals surface area contributed by atoms with Crippen LogP contribution in [0.3, 0.4) is 0 Å². The van der Waals surface area contributed by atoms with Crippen LogP contribution in [0.4, 0.5) is 0 Å². The van der Waals surface area contributed by atoms with Gasteiger partial charge in [-0.3, -0.25) is 14.4 Å². The number of carboxylic acids is 1. The van der Waals surface area contributed by atoms with Crippen molar-refractivity contribution >= 4 is 17.8 Å². The number of hydrogen-bond acceptors (Lipinski definition) is 7. The fourth-order valence-corrected chi connectivity index (χ4v) is 4.32. The topological polar surface area (TPSA) is 145 Å². The first-order valence-corrected chi connectivity index (χ1v) is 17.0. The van der Waals surface area contributed by atoms with E-state index in [-0.39, 0.29) is 32.0 Å². The Kier molecular flexibility index (Phi) is 33.0.